The Bertz CT molecular complexity index is 676. The van der Waals surface area contributed by atoms with Gasteiger partial charge in [-0.25, -0.2) is 0 Å². The molecule has 0 aromatic heterocycles. The Labute approximate surface area is 128 Å². The van der Waals surface area contributed by atoms with Crippen LogP contribution in [-0.2, 0) is 4.79 Å². The topological polar surface area (TPSA) is 58.7 Å². The maximum Gasteiger partial charge on any atom is 0.265 e. The minimum absolute atomic E-state index is 0.195. The molecule has 108 valence electrons. The third kappa shape index (κ3) is 2.52. The van der Waals surface area contributed by atoms with E-state index in [1.807, 2.05) is 36.4 Å². The lowest BCUT2D eigenvalue weighted by atomic mass is 9.94. The third-order valence-electron chi connectivity index (χ3n) is 3.77. The highest BCUT2D eigenvalue weighted by molar-refractivity contribution is 6.31. The highest BCUT2D eigenvalue weighted by Gasteiger charge is 2.30. The second-order valence-corrected chi connectivity index (χ2v) is 5.62. The summed E-state index contributed by atoms with van der Waals surface area (Å²) in [5.74, 6) is -0.195. The van der Waals surface area contributed by atoms with Gasteiger partial charge in [-0.05, 0) is 18.9 Å². The van der Waals surface area contributed by atoms with Gasteiger partial charge in [-0.2, -0.15) is 0 Å². The molecular formula is C16H16ClN3O. The standard InChI is InChI=1S/C16H16ClN3O/c1-20-13-8-7-11(17)9-12(13)14(19-15(18)16(20)21)10-5-3-2-4-6-10/h2-6,9,15H,7-8,18H2,1H3. The summed E-state index contributed by atoms with van der Waals surface area (Å²) in [4.78, 5) is 18.3. The van der Waals surface area contributed by atoms with Gasteiger partial charge in [-0.1, -0.05) is 41.9 Å². The number of aliphatic imine (C=N–C) groups is 1. The zero-order valence-corrected chi connectivity index (χ0v) is 12.5. The van der Waals surface area contributed by atoms with E-state index in [0.29, 0.717) is 6.42 Å². The number of rotatable bonds is 1. The van der Waals surface area contributed by atoms with E-state index in [9.17, 15) is 4.79 Å². The van der Waals surface area contributed by atoms with Crippen molar-refractivity contribution in [3.63, 3.8) is 0 Å². The summed E-state index contributed by atoms with van der Waals surface area (Å²) in [7, 11) is 1.74. The van der Waals surface area contributed by atoms with E-state index >= 15 is 0 Å². The molecule has 0 bridgehead atoms. The second kappa shape index (κ2) is 5.47. The SMILES string of the molecule is CN1C(=O)C(N)N=C(c2ccccc2)C2=C1CCC(Cl)=C2. The van der Waals surface area contributed by atoms with Gasteiger partial charge in [-0.15, -0.1) is 0 Å². The molecule has 0 fully saturated rings. The number of likely N-dealkylation sites (N-methyl/N-ethyl adjacent to an activating group) is 1. The molecular weight excluding hydrogens is 286 g/mol. The Morgan fingerprint density at radius 3 is 2.71 bits per heavy atom. The van der Waals surface area contributed by atoms with Crippen LogP contribution in [0, 0.1) is 0 Å². The Morgan fingerprint density at radius 1 is 1.29 bits per heavy atom. The molecule has 1 unspecified atom stereocenters. The first kappa shape index (κ1) is 14.0. The molecule has 3 rings (SSSR count). The van der Waals surface area contributed by atoms with Gasteiger partial charge in [0.1, 0.15) is 0 Å². The van der Waals surface area contributed by atoms with Crippen molar-refractivity contribution in [2.45, 2.75) is 19.0 Å². The van der Waals surface area contributed by atoms with Crippen molar-refractivity contribution in [3.05, 3.63) is 58.3 Å². The molecule has 1 aromatic rings. The molecule has 4 nitrogen and oxygen atoms in total. The van der Waals surface area contributed by atoms with Crippen molar-refractivity contribution in [2.24, 2.45) is 10.7 Å². The van der Waals surface area contributed by atoms with Crippen molar-refractivity contribution in [1.29, 1.82) is 0 Å². The van der Waals surface area contributed by atoms with Crippen molar-refractivity contribution in [2.75, 3.05) is 7.05 Å². The number of nitrogens with zero attached hydrogens (tertiary/aromatic N) is 2. The average Bonchev–Trinajstić information content (AvgIpc) is 2.59. The molecule has 2 N–H and O–H groups in total. The molecule has 1 atom stereocenters. The zero-order valence-electron chi connectivity index (χ0n) is 11.7. The highest BCUT2D eigenvalue weighted by atomic mass is 35.5. The minimum atomic E-state index is -0.886. The maximum absolute atomic E-state index is 12.3. The second-order valence-electron chi connectivity index (χ2n) is 5.14. The highest BCUT2D eigenvalue weighted by Crippen LogP contribution is 2.32. The van der Waals surface area contributed by atoms with Crippen molar-refractivity contribution < 1.29 is 4.79 Å². The fourth-order valence-electron chi connectivity index (χ4n) is 2.66. The number of hydrogen-bond donors (Lipinski definition) is 1. The molecule has 1 aliphatic carbocycles. The largest absolute Gasteiger partial charge is 0.316 e. The molecule has 1 aliphatic heterocycles. The molecule has 0 saturated heterocycles. The smallest absolute Gasteiger partial charge is 0.265 e. The Hall–Kier alpha value is -1.91. The number of amides is 1. The van der Waals surface area contributed by atoms with Crippen LogP contribution in [0.25, 0.3) is 0 Å². The molecule has 0 radical (unpaired) electrons. The van der Waals surface area contributed by atoms with Crippen LogP contribution < -0.4 is 5.73 Å². The molecule has 0 spiro atoms. The van der Waals surface area contributed by atoms with Crippen molar-refractivity contribution >= 4 is 23.2 Å². The number of hydrogen-bond acceptors (Lipinski definition) is 3. The van der Waals surface area contributed by atoms with Gasteiger partial charge in [0, 0.05) is 28.9 Å². The van der Waals surface area contributed by atoms with Crippen LogP contribution in [0.5, 0.6) is 0 Å². The van der Waals surface area contributed by atoms with Crippen molar-refractivity contribution in [1.82, 2.24) is 4.90 Å². The number of allylic oxidation sites excluding steroid dienone is 4. The Balaban J connectivity index is 2.21. The van der Waals surface area contributed by atoms with E-state index in [0.717, 1.165) is 34.0 Å². The van der Waals surface area contributed by atoms with Gasteiger partial charge in [0.2, 0.25) is 0 Å². The van der Waals surface area contributed by atoms with Gasteiger partial charge in [0.05, 0.1) is 5.71 Å². The van der Waals surface area contributed by atoms with E-state index in [2.05, 4.69) is 4.99 Å². The Kier molecular flexibility index (Phi) is 3.66. The molecule has 1 aromatic carbocycles. The van der Waals surface area contributed by atoms with Crippen LogP contribution >= 0.6 is 11.6 Å². The summed E-state index contributed by atoms with van der Waals surface area (Å²) < 4.78 is 0. The molecule has 0 saturated carbocycles. The zero-order chi connectivity index (χ0) is 15.0. The van der Waals surface area contributed by atoms with Crippen LogP contribution in [0.2, 0.25) is 0 Å². The quantitative estimate of drug-likeness (QED) is 0.866. The first-order valence-electron chi connectivity index (χ1n) is 6.84. The summed E-state index contributed by atoms with van der Waals surface area (Å²) in [5, 5.41) is 0.772. The number of benzene rings is 1. The predicted molar refractivity (Wildman–Crippen MR) is 83.9 cm³/mol. The van der Waals surface area contributed by atoms with E-state index in [1.54, 1.807) is 11.9 Å². The van der Waals surface area contributed by atoms with Crippen LogP contribution in [0.3, 0.4) is 0 Å². The number of carbonyl (C=O) groups is 1. The molecule has 1 amide bonds. The summed E-state index contributed by atoms with van der Waals surface area (Å²) >= 11 is 6.20. The van der Waals surface area contributed by atoms with Gasteiger partial charge in [0.15, 0.2) is 6.17 Å². The lowest BCUT2D eigenvalue weighted by molar-refractivity contribution is -0.129. The Morgan fingerprint density at radius 2 is 2.00 bits per heavy atom. The monoisotopic (exact) mass is 301 g/mol. The van der Waals surface area contributed by atoms with Gasteiger partial charge in [0.25, 0.3) is 5.91 Å². The summed E-state index contributed by atoms with van der Waals surface area (Å²) in [5.41, 5.74) is 9.41. The number of nitrogens with two attached hydrogens (primary N) is 1. The van der Waals surface area contributed by atoms with E-state index in [1.165, 1.54) is 0 Å². The van der Waals surface area contributed by atoms with Crippen molar-refractivity contribution in [3.8, 4) is 0 Å². The normalized spacial score (nSPS) is 22.5. The van der Waals surface area contributed by atoms with Crippen LogP contribution in [0.15, 0.2) is 57.7 Å². The van der Waals surface area contributed by atoms with Gasteiger partial charge < -0.3 is 10.6 Å². The van der Waals surface area contributed by atoms with E-state index < -0.39 is 6.17 Å². The summed E-state index contributed by atoms with van der Waals surface area (Å²) in [6.07, 6.45) is 2.46. The minimum Gasteiger partial charge on any atom is -0.316 e. The average molecular weight is 302 g/mol. The summed E-state index contributed by atoms with van der Waals surface area (Å²) in [6, 6.07) is 9.74. The molecule has 21 heavy (non-hydrogen) atoms. The van der Waals surface area contributed by atoms with Crippen LogP contribution in [0.4, 0.5) is 0 Å². The fourth-order valence-corrected chi connectivity index (χ4v) is 2.86. The lowest BCUT2D eigenvalue weighted by Gasteiger charge is -2.24. The number of carbonyl (C=O) groups excluding carboxylic acids is 1. The van der Waals surface area contributed by atoms with Gasteiger partial charge in [-0.3, -0.25) is 9.79 Å². The first-order valence-corrected chi connectivity index (χ1v) is 7.21. The lowest BCUT2D eigenvalue weighted by Crippen LogP contribution is -2.39. The third-order valence-corrected chi connectivity index (χ3v) is 4.07. The van der Waals surface area contributed by atoms with Crippen LogP contribution in [0.1, 0.15) is 18.4 Å². The molecule has 1 heterocycles. The van der Waals surface area contributed by atoms with E-state index in [4.69, 9.17) is 17.3 Å². The fraction of sp³-hybridized carbons (Fsp3) is 0.250. The molecule has 5 heteroatoms. The van der Waals surface area contributed by atoms with Crippen LogP contribution in [-0.4, -0.2) is 29.7 Å². The predicted octanol–water partition coefficient (Wildman–Crippen LogP) is 2.40. The summed E-state index contributed by atoms with van der Waals surface area (Å²) in [6.45, 7) is 0. The van der Waals surface area contributed by atoms with E-state index in [-0.39, 0.29) is 5.91 Å². The molecule has 2 aliphatic rings. The van der Waals surface area contributed by atoms with Gasteiger partial charge >= 0.3 is 0 Å². The maximum atomic E-state index is 12.3. The number of halogens is 1. The first-order chi connectivity index (χ1) is 10.1.